The lowest BCUT2D eigenvalue weighted by atomic mass is 9.98. The number of aryl methyl sites for hydroxylation is 1. The molecule has 1 aliphatic heterocycles. The van der Waals surface area contributed by atoms with Gasteiger partial charge in [-0.25, -0.2) is 0 Å². The maximum absolute atomic E-state index is 10.3. The van der Waals surface area contributed by atoms with Crippen molar-refractivity contribution in [2.45, 2.75) is 50.5 Å². The summed E-state index contributed by atoms with van der Waals surface area (Å²) < 4.78 is 16.9. The molecule has 2 aromatic carbocycles. The van der Waals surface area contributed by atoms with Gasteiger partial charge in [0.15, 0.2) is 0 Å². The minimum Gasteiger partial charge on any atom is -0.508 e. The van der Waals surface area contributed by atoms with Crippen molar-refractivity contribution in [1.29, 1.82) is 0 Å². The third kappa shape index (κ3) is 5.69. The molecule has 32 heavy (non-hydrogen) atoms. The second kappa shape index (κ2) is 11.0. The summed E-state index contributed by atoms with van der Waals surface area (Å²) in [6.45, 7) is 2.37. The summed E-state index contributed by atoms with van der Waals surface area (Å²) in [7, 11) is 0. The average molecular weight is 450 g/mol. The van der Waals surface area contributed by atoms with E-state index in [0.29, 0.717) is 19.6 Å². The molecule has 0 unspecified atom stereocenters. The standard InChI is InChI=1S/C23H31NO8/c1-13-9-15(26)11-18(31-23-22(29)21(28)20(27)19(12-25)32-23)17(13)10-14-3-5-16(6-4-14)30-8-2-7-24/h3-6,9,11,19-23,25-29H,2,7-8,10,12,24H2,1H3/t19-,20-,21+,22-,23-/m1/s1. The Morgan fingerprint density at radius 2 is 1.75 bits per heavy atom. The quantitative estimate of drug-likeness (QED) is 0.295. The molecule has 176 valence electrons. The van der Waals surface area contributed by atoms with Gasteiger partial charge in [0.25, 0.3) is 0 Å². The van der Waals surface area contributed by atoms with Crippen molar-refractivity contribution >= 4 is 0 Å². The molecule has 1 fully saturated rings. The van der Waals surface area contributed by atoms with Crippen LogP contribution in [0.2, 0.25) is 0 Å². The predicted octanol–water partition coefficient (Wildman–Crippen LogP) is 0.198. The van der Waals surface area contributed by atoms with E-state index >= 15 is 0 Å². The number of aromatic hydroxyl groups is 1. The smallest absolute Gasteiger partial charge is 0.229 e. The zero-order valence-electron chi connectivity index (χ0n) is 17.9. The van der Waals surface area contributed by atoms with Crippen LogP contribution >= 0.6 is 0 Å². The van der Waals surface area contributed by atoms with E-state index in [4.69, 9.17) is 19.9 Å². The largest absolute Gasteiger partial charge is 0.508 e. The number of ether oxygens (including phenoxy) is 3. The number of aliphatic hydroxyl groups is 4. The number of hydrogen-bond acceptors (Lipinski definition) is 9. The third-order valence-electron chi connectivity index (χ3n) is 5.43. The van der Waals surface area contributed by atoms with E-state index in [9.17, 15) is 25.5 Å². The number of phenols is 1. The molecule has 0 amide bonds. The van der Waals surface area contributed by atoms with Gasteiger partial charge in [0.2, 0.25) is 6.29 Å². The topological polar surface area (TPSA) is 155 Å². The van der Waals surface area contributed by atoms with Gasteiger partial charge in [-0.1, -0.05) is 12.1 Å². The third-order valence-corrected chi connectivity index (χ3v) is 5.43. The molecule has 0 aliphatic carbocycles. The molecule has 0 spiro atoms. The van der Waals surface area contributed by atoms with Crippen LogP contribution in [-0.2, 0) is 11.2 Å². The summed E-state index contributed by atoms with van der Waals surface area (Å²) in [5.74, 6) is 0.965. The molecule has 0 saturated carbocycles. The van der Waals surface area contributed by atoms with Crippen LogP contribution in [-0.4, -0.2) is 76.0 Å². The molecule has 1 saturated heterocycles. The first kappa shape index (κ1) is 24.2. The van der Waals surface area contributed by atoms with Crippen molar-refractivity contribution in [1.82, 2.24) is 0 Å². The lowest BCUT2D eigenvalue weighted by Gasteiger charge is -2.39. The Morgan fingerprint density at radius 1 is 1.03 bits per heavy atom. The second-order valence-electron chi connectivity index (χ2n) is 7.87. The van der Waals surface area contributed by atoms with E-state index in [1.165, 1.54) is 6.07 Å². The number of benzene rings is 2. The van der Waals surface area contributed by atoms with Crippen LogP contribution in [0.3, 0.4) is 0 Å². The maximum Gasteiger partial charge on any atom is 0.229 e. The molecule has 0 radical (unpaired) electrons. The minimum absolute atomic E-state index is 0.0329. The van der Waals surface area contributed by atoms with Crippen LogP contribution in [0.1, 0.15) is 23.1 Å². The van der Waals surface area contributed by atoms with Gasteiger partial charge in [-0.15, -0.1) is 0 Å². The highest BCUT2D eigenvalue weighted by Crippen LogP contribution is 2.33. The number of nitrogens with two attached hydrogens (primary N) is 1. The van der Waals surface area contributed by atoms with Crippen molar-refractivity contribution in [3.63, 3.8) is 0 Å². The minimum atomic E-state index is -1.56. The number of rotatable bonds is 9. The molecule has 9 nitrogen and oxygen atoms in total. The molecule has 0 bridgehead atoms. The van der Waals surface area contributed by atoms with Crippen LogP contribution in [0.5, 0.6) is 17.2 Å². The van der Waals surface area contributed by atoms with Gasteiger partial charge in [-0.3, -0.25) is 0 Å². The molecule has 9 heteroatoms. The van der Waals surface area contributed by atoms with Crippen molar-refractivity contribution < 1.29 is 39.7 Å². The number of aliphatic hydroxyl groups excluding tert-OH is 4. The molecule has 3 rings (SSSR count). The van der Waals surface area contributed by atoms with Crippen molar-refractivity contribution in [3.8, 4) is 17.2 Å². The van der Waals surface area contributed by atoms with Crippen LogP contribution < -0.4 is 15.2 Å². The monoisotopic (exact) mass is 449 g/mol. The summed E-state index contributed by atoms with van der Waals surface area (Å²) >= 11 is 0. The van der Waals surface area contributed by atoms with Gasteiger partial charge in [0.05, 0.1) is 13.2 Å². The van der Waals surface area contributed by atoms with Crippen molar-refractivity contribution in [2.75, 3.05) is 19.8 Å². The van der Waals surface area contributed by atoms with Gasteiger partial charge in [-0.2, -0.15) is 0 Å². The molecule has 0 aromatic heterocycles. The first-order valence-electron chi connectivity index (χ1n) is 10.6. The molecule has 5 atom stereocenters. The van der Waals surface area contributed by atoms with Crippen LogP contribution in [0.15, 0.2) is 36.4 Å². The Hall–Kier alpha value is -2.40. The Balaban J connectivity index is 1.79. The molecular formula is C23H31NO8. The van der Waals surface area contributed by atoms with E-state index in [0.717, 1.165) is 28.9 Å². The summed E-state index contributed by atoms with van der Waals surface area (Å²) in [5.41, 5.74) is 7.94. The van der Waals surface area contributed by atoms with Crippen molar-refractivity contribution in [3.05, 3.63) is 53.1 Å². The normalized spacial score (nSPS) is 25.5. The van der Waals surface area contributed by atoms with Gasteiger partial charge in [-0.05, 0) is 49.2 Å². The van der Waals surface area contributed by atoms with Gasteiger partial charge in [0, 0.05) is 18.1 Å². The fourth-order valence-electron chi connectivity index (χ4n) is 3.57. The first-order chi connectivity index (χ1) is 15.3. The highest BCUT2D eigenvalue weighted by Gasteiger charge is 2.44. The van der Waals surface area contributed by atoms with Gasteiger partial charge < -0.3 is 45.5 Å². The number of hydrogen-bond donors (Lipinski definition) is 6. The Bertz CT molecular complexity index is 873. The van der Waals surface area contributed by atoms with E-state index in [1.54, 1.807) is 6.07 Å². The van der Waals surface area contributed by atoms with Gasteiger partial charge >= 0.3 is 0 Å². The summed E-state index contributed by atoms with van der Waals surface area (Å²) in [6.07, 6.45) is -5.79. The maximum atomic E-state index is 10.3. The van der Waals surface area contributed by atoms with E-state index in [-0.39, 0.29) is 11.5 Å². The van der Waals surface area contributed by atoms with Crippen LogP contribution in [0.25, 0.3) is 0 Å². The van der Waals surface area contributed by atoms with Crippen molar-refractivity contribution in [2.24, 2.45) is 5.73 Å². The van der Waals surface area contributed by atoms with E-state index < -0.39 is 37.3 Å². The zero-order valence-corrected chi connectivity index (χ0v) is 17.9. The van der Waals surface area contributed by atoms with Crippen LogP contribution in [0.4, 0.5) is 0 Å². The predicted molar refractivity (Wildman–Crippen MR) is 116 cm³/mol. The zero-order chi connectivity index (χ0) is 23.3. The SMILES string of the molecule is Cc1cc(O)cc(O[C@@H]2O[C@H](CO)[C@@H](O)[C@H](O)[C@H]2O)c1Cc1ccc(OCCCN)cc1. The van der Waals surface area contributed by atoms with Crippen LogP contribution in [0, 0.1) is 6.92 Å². The van der Waals surface area contributed by atoms with E-state index in [2.05, 4.69) is 0 Å². The molecule has 7 N–H and O–H groups in total. The molecule has 1 heterocycles. The lowest BCUT2D eigenvalue weighted by molar-refractivity contribution is -0.277. The fraction of sp³-hybridized carbons (Fsp3) is 0.478. The summed E-state index contributed by atoms with van der Waals surface area (Å²) in [4.78, 5) is 0. The molecule has 2 aromatic rings. The summed E-state index contributed by atoms with van der Waals surface area (Å²) in [5, 5.41) is 49.7. The first-order valence-corrected chi connectivity index (χ1v) is 10.6. The molecular weight excluding hydrogens is 418 g/mol. The highest BCUT2D eigenvalue weighted by molar-refractivity contribution is 5.48. The summed E-state index contributed by atoms with van der Waals surface area (Å²) in [6, 6.07) is 10.6. The second-order valence-corrected chi connectivity index (χ2v) is 7.87. The van der Waals surface area contributed by atoms with Gasteiger partial charge in [0.1, 0.15) is 41.7 Å². The average Bonchev–Trinajstić information content (AvgIpc) is 2.77. The Morgan fingerprint density at radius 3 is 2.41 bits per heavy atom. The Labute approximate surface area is 186 Å². The lowest BCUT2D eigenvalue weighted by Crippen LogP contribution is -2.60. The highest BCUT2D eigenvalue weighted by atomic mass is 16.7. The number of phenolic OH excluding ortho intramolecular Hbond substituents is 1. The molecule has 1 aliphatic rings. The fourth-order valence-corrected chi connectivity index (χ4v) is 3.57. The van der Waals surface area contributed by atoms with E-state index in [1.807, 2.05) is 31.2 Å². The Kier molecular flexibility index (Phi) is 8.30.